The summed E-state index contributed by atoms with van der Waals surface area (Å²) in [6.45, 7) is 1.60. The third kappa shape index (κ3) is 6.37. The van der Waals surface area contributed by atoms with E-state index in [-0.39, 0.29) is 22.6 Å². The van der Waals surface area contributed by atoms with Gasteiger partial charge < -0.3 is 31.3 Å². The van der Waals surface area contributed by atoms with Gasteiger partial charge in [0, 0.05) is 0 Å². The van der Waals surface area contributed by atoms with Crippen molar-refractivity contribution in [3.63, 3.8) is 0 Å². The molecule has 0 saturated heterocycles. The van der Waals surface area contributed by atoms with Crippen molar-refractivity contribution in [2.24, 2.45) is 0 Å². The third-order valence-corrected chi connectivity index (χ3v) is 6.05. The van der Waals surface area contributed by atoms with E-state index in [4.69, 9.17) is 10.5 Å². The minimum Gasteiger partial charge on any atom is -0.507 e. The van der Waals surface area contributed by atoms with Crippen molar-refractivity contribution in [1.29, 1.82) is 0 Å². The Kier molecular flexibility index (Phi) is 8.16. The quantitative estimate of drug-likeness (QED) is 0.159. The van der Waals surface area contributed by atoms with Crippen LogP contribution in [0.25, 0.3) is 21.5 Å². The second kappa shape index (κ2) is 11.9. The van der Waals surface area contributed by atoms with Crippen LogP contribution in [0.3, 0.4) is 0 Å². The van der Waals surface area contributed by atoms with Crippen LogP contribution in [-0.4, -0.2) is 35.3 Å². The highest BCUT2D eigenvalue weighted by molar-refractivity contribution is 6.03. The van der Waals surface area contributed by atoms with Crippen LogP contribution in [0.2, 0.25) is 0 Å². The summed E-state index contributed by atoms with van der Waals surface area (Å²) in [6, 6.07) is 28.4. The Bertz CT molecular complexity index is 1550. The van der Waals surface area contributed by atoms with Gasteiger partial charge in [0.05, 0.1) is 30.1 Å². The molecule has 198 valence electrons. The van der Waals surface area contributed by atoms with Crippen molar-refractivity contribution in [2.75, 3.05) is 12.8 Å². The Hall–Kier alpha value is -5.24. The van der Waals surface area contributed by atoms with E-state index in [1.54, 1.807) is 32.2 Å². The summed E-state index contributed by atoms with van der Waals surface area (Å²) < 4.78 is 4.92. The molecule has 5 rings (SSSR count). The van der Waals surface area contributed by atoms with Gasteiger partial charge in [-0.15, -0.1) is 0 Å². The van der Waals surface area contributed by atoms with Gasteiger partial charge in [0.15, 0.2) is 0 Å². The molecule has 6 N–H and O–H groups in total. The van der Waals surface area contributed by atoms with E-state index in [1.165, 1.54) is 12.1 Å². The predicted molar refractivity (Wildman–Crippen MR) is 153 cm³/mol. The molecular formula is C31H29N3O5. The lowest BCUT2D eigenvalue weighted by atomic mass is 10.0. The van der Waals surface area contributed by atoms with E-state index < -0.39 is 18.0 Å². The van der Waals surface area contributed by atoms with Gasteiger partial charge >= 0.3 is 0 Å². The highest BCUT2D eigenvalue weighted by Crippen LogP contribution is 2.26. The maximum Gasteiger partial charge on any atom is 0.256 e. The fourth-order valence-corrected chi connectivity index (χ4v) is 4.07. The van der Waals surface area contributed by atoms with E-state index in [1.807, 2.05) is 66.7 Å². The SMILES string of the molecule is CC(NC(=O)c1cc2ccccc2cc1O)NC(=O)c1cc2ccccc2cc1O.COc1ccccc1N. The molecule has 0 aliphatic heterocycles. The number of para-hydroxylation sites is 2. The number of nitrogens with two attached hydrogens (primary N) is 1. The molecular weight excluding hydrogens is 494 g/mol. The van der Waals surface area contributed by atoms with Crippen LogP contribution in [0.15, 0.2) is 97.1 Å². The van der Waals surface area contributed by atoms with Gasteiger partial charge in [-0.05, 0) is 64.9 Å². The maximum absolute atomic E-state index is 12.6. The molecule has 0 atom stereocenters. The Morgan fingerprint density at radius 1 is 0.692 bits per heavy atom. The third-order valence-electron chi connectivity index (χ3n) is 6.05. The van der Waals surface area contributed by atoms with Gasteiger partial charge in [-0.2, -0.15) is 0 Å². The number of nitrogens with one attached hydrogen (secondary N) is 2. The van der Waals surface area contributed by atoms with Crippen LogP contribution in [0, 0.1) is 0 Å². The van der Waals surface area contributed by atoms with E-state index >= 15 is 0 Å². The number of methoxy groups -OCH3 is 1. The smallest absolute Gasteiger partial charge is 0.256 e. The fraction of sp³-hybridized carbons (Fsp3) is 0.0968. The minimum absolute atomic E-state index is 0.114. The number of phenols is 2. The second-order valence-electron chi connectivity index (χ2n) is 8.84. The molecule has 0 saturated carbocycles. The zero-order chi connectivity index (χ0) is 27.9. The number of ether oxygens (including phenoxy) is 1. The van der Waals surface area contributed by atoms with Crippen LogP contribution in [0.1, 0.15) is 27.6 Å². The summed E-state index contributed by atoms with van der Waals surface area (Å²) in [6.07, 6.45) is -0.734. The zero-order valence-electron chi connectivity index (χ0n) is 21.5. The Morgan fingerprint density at radius 2 is 1.08 bits per heavy atom. The molecule has 39 heavy (non-hydrogen) atoms. The van der Waals surface area contributed by atoms with Crippen molar-refractivity contribution in [2.45, 2.75) is 13.1 Å². The fourth-order valence-electron chi connectivity index (χ4n) is 4.07. The number of anilines is 1. The molecule has 5 aromatic rings. The van der Waals surface area contributed by atoms with Crippen LogP contribution < -0.4 is 21.1 Å². The number of carbonyl (C=O) groups excluding carboxylic acids is 2. The van der Waals surface area contributed by atoms with Crippen LogP contribution in [-0.2, 0) is 0 Å². The molecule has 0 aliphatic rings. The summed E-state index contributed by atoms with van der Waals surface area (Å²) in [5.41, 5.74) is 6.42. The van der Waals surface area contributed by atoms with E-state index in [0.717, 1.165) is 27.3 Å². The second-order valence-corrected chi connectivity index (χ2v) is 8.84. The number of hydrogen-bond donors (Lipinski definition) is 5. The van der Waals surface area contributed by atoms with E-state index in [0.29, 0.717) is 5.69 Å². The van der Waals surface area contributed by atoms with Crippen molar-refractivity contribution in [3.8, 4) is 17.2 Å². The molecule has 0 radical (unpaired) electrons. The molecule has 0 aliphatic carbocycles. The number of hydrogen-bond acceptors (Lipinski definition) is 6. The average Bonchev–Trinajstić information content (AvgIpc) is 2.92. The molecule has 5 aromatic carbocycles. The van der Waals surface area contributed by atoms with Crippen molar-refractivity contribution < 1.29 is 24.5 Å². The number of benzene rings is 5. The van der Waals surface area contributed by atoms with Crippen LogP contribution in [0.5, 0.6) is 17.2 Å². The Balaban J connectivity index is 0.000000333. The molecule has 0 fully saturated rings. The molecule has 8 nitrogen and oxygen atoms in total. The van der Waals surface area contributed by atoms with Crippen molar-refractivity contribution in [1.82, 2.24) is 10.6 Å². The summed E-state index contributed by atoms with van der Waals surface area (Å²) in [7, 11) is 1.60. The minimum atomic E-state index is -0.734. The summed E-state index contributed by atoms with van der Waals surface area (Å²) in [5.74, 6) is -0.589. The van der Waals surface area contributed by atoms with Crippen LogP contribution >= 0.6 is 0 Å². The highest BCUT2D eigenvalue weighted by atomic mass is 16.5. The highest BCUT2D eigenvalue weighted by Gasteiger charge is 2.18. The van der Waals surface area contributed by atoms with Gasteiger partial charge in [-0.25, -0.2) is 0 Å². The number of nitrogen functional groups attached to an aromatic ring is 1. The Morgan fingerprint density at radius 3 is 1.46 bits per heavy atom. The Labute approximate surface area is 225 Å². The zero-order valence-corrected chi connectivity index (χ0v) is 21.5. The first-order valence-corrected chi connectivity index (χ1v) is 12.2. The van der Waals surface area contributed by atoms with Crippen LogP contribution in [0.4, 0.5) is 5.69 Å². The monoisotopic (exact) mass is 523 g/mol. The average molecular weight is 524 g/mol. The lowest BCUT2D eigenvalue weighted by Gasteiger charge is -2.17. The molecule has 0 aromatic heterocycles. The number of carbonyl (C=O) groups is 2. The number of phenolic OH excluding ortho intramolecular Hbond substituents is 2. The first-order valence-electron chi connectivity index (χ1n) is 12.2. The number of amides is 2. The van der Waals surface area contributed by atoms with Gasteiger partial charge in [0.2, 0.25) is 0 Å². The molecule has 0 bridgehead atoms. The van der Waals surface area contributed by atoms with E-state index in [2.05, 4.69) is 10.6 Å². The maximum atomic E-state index is 12.6. The normalized spacial score (nSPS) is 10.5. The lowest BCUT2D eigenvalue weighted by molar-refractivity contribution is 0.0889. The van der Waals surface area contributed by atoms with Crippen molar-refractivity contribution >= 4 is 39.0 Å². The number of rotatable bonds is 5. The molecule has 2 amide bonds. The molecule has 0 heterocycles. The largest absolute Gasteiger partial charge is 0.507 e. The first kappa shape index (κ1) is 26.8. The summed E-state index contributed by atoms with van der Waals surface area (Å²) in [5, 5.41) is 29.0. The van der Waals surface area contributed by atoms with Gasteiger partial charge in [0.1, 0.15) is 17.2 Å². The topological polar surface area (TPSA) is 134 Å². The van der Waals surface area contributed by atoms with Crippen molar-refractivity contribution in [3.05, 3.63) is 108 Å². The lowest BCUT2D eigenvalue weighted by Crippen LogP contribution is -2.45. The number of fused-ring (bicyclic) bond motifs is 2. The summed E-state index contributed by atoms with van der Waals surface area (Å²) >= 11 is 0. The standard InChI is InChI=1S/C24H20N2O4.C7H9NO/c1-14(25-23(29)19-10-15-6-2-4-8-17(15)12-21(19)27)26-24(30)20-11-16-7-3-5-9-18(16)13-22(20)28;1-9-7-5-3-2-4-6(7)8/h2-14,27-28H,1H3,(H,25,29)(H,26,30);2-5H,8H2,1H3. The molecule has 8 heteroatoms. The van der Waals surface area contributed by atoms with Gasteiger partial charge in [0.25, 0.3) is 11.8 Å². The van der Waals surface area contributed by atoms with Gasteiger partial charge in [-0.3, -0.25) is 9.59 Å². The van der Waals surface area contributed by atoms with Gasteiger partial charge in [-0.1, -0.05) is 60.7 Å². The summed E-state index contributed by atoms with van der Waals surface area (Å²) in [4.78, 5) is 25.2. The molecule has 0 spiro atoms. The number of aromatic hydroxyl groups is 2. The molecule has 0 unspecified atom stereocenters. The van der Waals surface area contributed by atoms with E-state index in [9.17, 15) is 19.8 Å². The first-order chi connectivity index (χ1) is 18.8. The predicted octanol–water partition coefficient (Wildman–Crippen LogP) is 5.19.